The van der Waals surface area contributed by atoms with Gasteiger partial charge in [0.15, 0.2) is 5.78 Å². The molecule has 10 nitrogen and oxygen atoms in total. The van der Waals surface area contributed by atoms with Crippen LogP contribution in [0.5, 0.6) is 0 Å². The van der Waals surface area contributed by atoms with Crippen molar-refractivity contribution in [3.8, 4) is 17.2 Å². The van der Waals surface area contributed by atoms with Crippen LogP contribution in [0.1, 0.15) is 102 Å². The predicted molar refractivity (Wildman–Crippen MR) is 212 cm³/mol. The van der Waals surface area contributed by atoms with Crippen LogP contribution in [-0.2, 0) is 9.59 Å². The van der Waals surface area contributed by atoms with E-state index in [-0.39, 0.29) is 36.7 Å². The van der Waals surface area contributed by atoms with Gasteiger partial charge in [-0.25, -0.2) is 0 Å². The van der Waals surface area contributed by atoms with Gasteiger partial charge in [-0.1, -0.05) is 35.8 Å². The monoisotopic (exact) mass is 759 g/mol. The lowest BCUT2D eigenvalue weighted by atomic mass is 9.81. The second kappa shape index (κ2) is 15.8. The Kier molecular flexibility index (Phi) is 10.9. The van der Waals surface area contributed by atoms with E-state index in [2.05, 4.69) is 46.6 Å². The van der Waals surface area contributed by atoms with Gasteiger partial charge in [0.2, 0.25) is 0 Å². The molecule has 2 aliphatic carbocycles. The first-order valence-corrected chi connectivity index (χ1v) is 19.6. The van der Waals surface area contributed by atoms with Crippen LogP contribution >= 0.6 is 11.6 Å². The van der Waals surface area contributed by atoms with Crippen molar-refractivity contribution in [1.29, 1.82) is 5.26 Å². The molecule has 284 valence electrons. The first kappa shape index (κ1) is 38.0. The first-order chi connectivity index (χ1) is 26.4. The van der Waals surface area contributed by atoms with Crippen LogP contribution in [0.15, 0.2) is 59.1 Å². The molecule has 55 heavy (non-hydrogen) atoms. The summed E-state index contributed by atoms with van der Waals surface area (Å²) in [5.74, 6) is 0.391. The largest absolute Gasteiger partial charge is 0.385 e. The number of fused-ring (bicyclic) bond motifs is 1. The zero-order valence-electron chi connectivity index (χ0n) is 31.8. The van der Waals surface area contributed by atoms with E-state index >= 15 is 0 Å². The number of amides is 2. The number of imide groups is 1. The number of rotatable bonds is 9. The molecule has 0 bridgehead atoms. The molecule has 2 unspecified atom stereocenters. The zero-order valence-corrected chi connectivity index (χ0v) is 32.5. The van der Waals surface area contributed by atoms with Crippen molar-refractivity contribution < 1.29 is 23.7 Å². The van der Waals surface area contributed by atoms with Gasteiger partial charge in [-0.05, 0) is 125 Å². The highest BCUT2D eigenvalue weighted by molar-refractivity contribution is 6.32. The lowest BCUT2D eigenvalue weighted by molar-refractivity contribution is -0.128. The SMILES string of the molecule is Cc1ccc(-c2c(C)noc2C)cc1N(C[C@H]1CC[C@H](CNc2ccc3c(c2)C(=O)N(C2CCC(=O)C(C)CCC2=O)C3=O)CC1)c1ccc(C#N)c(Cl)c1. The smallest absolute Gasteiger partial charge is 0.262 e. The van der Waals surface area contributed by atoms with E-state index in [9.17, 15) is 24.4 Å². The van der Waals surface area contributed by atoms with Crippen LogP contribution in [0.25, 0.3) is 11.1 Å². The van der Waals surface area contributed by atoms with Crippen molar-refractivity contribution in [2.75, 3.05) is 23.3 Å². The van der Waals surface area contributed by atoms with E-state index in [1.807, 2.05) is 39.0 Å². The maximum atomic E-state index is 13.6. The highest BCUT2D eigenvalue weighted by Gasteiger charge is 2.43. The third-order valence-electron chi connectivity index (χ3n) is 11.8. The number of carbonyl (C=O) groups excluding carboxylic acids is 4. The fraction of sp³-hybridized carbons (Fsp3) is 0.409. The quantitative estimate of drug-likeness (QED) is 0.166. The summed E-state index contributed by atoms with van der Waals surface area (Å²) in [6.45, 7) is 9.31. The molecule has 7 rings (SSSR count). The molecule has 1 aromatic heterocycles. The summed E-state index contributed by atoms with van der Waals surface area (Å²) in [4.78, 5) is 55.8. The molecule has 2 amide bonds. The van der Waals surface area contributed by atoms with Gasteiger partial charge in [-0.3, -0.25) is 24.1 Å². The van der Waals surface area contributed by atoms with E-state index in [1.54, 1.807) is 18.2 Å². The van der Waals surface area contributed by atoms with Crippen molar-refractivity contribution in [2.24, 2.45) is 17.8 Å². The number of nitrogens with zero attached hydrogens (tertiary/aromatic N) is 4. The van der Waals surface area contributed by atoms with Crippen LogP contribution in [-0.4, -0.2) is 52.6 Å². The summed E-state index contributed by atoms with van der Waals surface area (Å²) in [6, 6.07) is 18.5. The van der Waals surface area contributed by atoms with Gasteiger partial charge < -0.3 is 14.7 Å². The Morgan fingerprint density at radius 2 is 1.60 bits per heavy atom. The standard InChI is InChI=1S/C44H46ClN5O5/c1-25-5-11-31(42-27(3)48-55-28(42)4)19-39(25)49(34-14-12-32(22-46)37(45)21-34)24-30-9-7-29(8-10-30)23-47-33-13-15-35-36(20-33)44(54)50(43(35)53)38-16-18-40(51)26(2)6-17-41(38)52/h5,11-15,19-21,26,29-30,38,47H,6-10,16-18,23-24H2,1-4H3/t26?,29-,30-,38?. The Labute approximate surface area is 326 Å². The van der Waals surface area contributed by atoms with Crippen molar-refractivity contribution >= 4 is 52.0 Å². The van der Waals surface area contributed by atoms with Gasteiger partial charge in [0, 0.05) is 54.5 Å². The van der Waals surface area contributed by atoms with E-state index in [4.69, 9.17) is 16.1 Å². The zero-order chi connectivity index (χ0) is 39.0. The van der Waals surface area contributed by atoms with Crippen molar-refractivity contribution in [1.82, 2.24) is 10.1 Å². The highest BCUT2D eigenvalue weighted by Crippen LogP contribution is 2.39. The third kappa shape index (κ3) is 7.68. The van der Waals surface area contributed by atoms with Crippen LogP contribution in [0.2, 0.25) is 5.02 Å². The molecular weight excluding hydrogens is 714 g/mol. The second-order valence-electron chi connectivity index (χ2n) is 15.5. The van der Waals surface area contributed by atoms with Gasteiger partial charge >= 0.3 is 0 Å². The van der Waals surface area contributed by atoms with Crippen LogP contribution in [0.3, 0.4) is 0 Å². The molecule has 3 aliphatic rings. The molecule has 0 saturated heterocycles. The number of hydrogen-bond donors (Lipinski definition) is 1. The number of anilines is 3. The number of aromatic nitrogens is 1. The maximum absolute atomic E-state index is 13.6. The van der Waals surface area contributed by atoms with Gasteiger partial charge in [-0.2, -0.15) is 5.26 Å². The molecule has 2 atom stereocenters. The summed E-state index contributed by atoms with van der Waals surface area (Å²) in [5, 5.41) is 17.7. The second-order valence-corrected chi connectivity index (χ2v) is 15.9. The normalized spacial score (nSPS) is 21.6. The average molecular weight is 760 g/mol. The number of ketones is 2. The van der Waals surface area contributed by atoms with Gasteiger partial charge in [-0.15, -0.1) is 0 Å². The Bertz CT molecular complexity index is 2190. The van der Waals surface area contributed by atoms with E-state index in [0.29, 0.717) is 40.0 Å². The third-order valence-corrected chi connectivity index (χ3v) is 12.2. The number of nitrogens with one attached hydrogen (secondary N) is 1. The molecule has 0 spiro atoms. The Morgan fingerprint density at radius 1 is 0.873 bits per heavy atom. The summed E-state index contributed by atoms with van der Waals surface area (Å²) in [7, 11) is 0. The fourth-order valence-corrected chi connectivity index (χ4v) is 8.71. The van der Waals surface area contributed by atoms with Crippen molar-refractivity contribution in [2.45, 2.75) is 85.1 Å². The molecule has 2 fully saturated rings. The lowest BCUT2D eigenvalue weighted by Crippen LogP contribution is -2.46. The topological polar surface area (TPSA) is 137 Å². The Morgan fingerprint density at radius 3 is 2.31 bits per heavy atom. The first-order valence-electron chi connectivity index (χ1n) is 19.3. The molecule has 11 heteroatoms. The van der Waals surface area contributed by atoms with Gasteiger partial charge in [0.1, 0.15) is 17.6 Å². The average Bonchev–Trinajstić information content (AvgIpc) is 3.64. The summed E-state index contributed by atoms with van der Waals surface area (Å²) < 4.78 is 5.49. The minimum absolute atomic E-state index is 0.0672. The van der Waals surface area contributed by atoms with Gasteiger partial charge in [0.25, 0.3) is 11.8 Å². The van der Waals surface area contributed by atoms with Crippen molar-refractivity contribution in [3.05, 3.63) is 93.3 Å². The van der Waals surface area contributed by atoms with Crippen LogP contribution in [0.4, 0.5) is 17.1 Å². The molecule has 1 aliphatic heterocycles. The van der Waals surface area contributed by atoms with E-state index in [1.165, 1.54) is 0 Å². The maximum Gasteiger partial charge on any atom is 0.262 e. The summed E-state index contributed by atoms with van der Waals surface area (Å²) in [6.07, 6.45) is 5.07. The molecular formula is C44H46ClN5O5. The number of nitriles is 1. The fourth-order valence-electron chi connectivity index (χ4n) is 8.49. The Hall–Kier alpha value is -5.27. The number of halogens is 1. The van der Waals surface area contributed by atoms with Gasteiger partial charge in [0.05, 0.1) is 33.4 Å². The van der Waals surface area contributed by atoms with Crippen molar-refractivity contribution in [3.63, 3.8) is 0 Å². The van der Waals surface area contributed by atoms with E-state index < -0.39 is 17.9 Å². The predicted octanol–water partition coefficient (Wildman–Crippen LogP) is 9.16. The number of Topliss-reactive ketones (excluding diaryl/α,β-unsaturated/α-hetero) is 2. The number of carbonyl (C=O) groups is 4. The molecule has 0 radical (unpaired) electrons. The van der Waals surface area contributed by atoms with Crippen LogP contribution < -0.4 is 10.2 Å². The Balaban J connectivity index is 1.02. The lowest BCUT2D eigenvalue weighted by Gasteiger charge is -2.35. The molecule has 1 N–H and O–H groups in total. The minimum Gasteiger partial charge on any atom is -0.385 e. The summed E-state index contributed by atoms with van der Waals surface area (Å²) in [5.41, 5.74) is 7.75. The number of aryl methyl sites for hydroxylation is 3. The summed E-state index contributed by atoms with van der Waals surface area (Å²) >= 11 is 6.58. The van der Waals surface area contributed by atoms with Crippen LogP contribution in [0, 0.1) is 49.9 Å². The molecule has 4 aromatic rings. The number of hydrogen-bond acceptors (Lipinski definition) is 9. The number of benzene rings is 3. The molecule has 3 aromatic carbocycles. The highest BCUT2D eigenvalue weighted by atomic mass is 35.5. The molecule has 2 heterocycles. The molecule has 2 saturated carbocycles. The van der Waals surface area contributed by atoms with E-state index in [0.717, 1.165) is 88.9 Å². The minimum atomic E-state index is -0.907.